The summed E-state index contributed by atoms with van der Waals surface area (Å²) in [5.74, 6) is 0. The molecule has 4 nitrogen and oxygen atoms in total. The Morgan fingerprint density at radius 2 is 1.35 bits per heavy atom. The molecule has 1 atom stereocenters. The summed E-state index contributed by atoms with van der Waals surface area (Å²) in [6, 6.07) is 0. The molecule has 122 valence electrons. The van der Waals surface area contributed by atoms with Gasteiger partial charge < -0.3 is 20.3 Å². The third kappa shape index (κ3) is 15.9. The van der Waals surface area contributed by atoms with Crippen LogP contribution in [0.2, 0.25) is 0 Å². The fourth-order valence-electron chi connectivity index (χ4n) is 2.19. The Morgan fingerprint density at radius 3 is 1.85 bits per heavy atom. The van der Waals surface area contributed by atoms with Gasteiger partial charge in [0.1, 0.15) is 6.10 Å². The number of hydrogen-bond acceptors (Lipinski definition) is 4. The van der Waals surface area contributed by atoms with Gasteiger partial charge in [0, 0.05) is 6.61 Å². The summed E-state index contributed by atoms with van der Waals surface area (Å²) in [5.41, 5.74) is 0. The molecule has 20 heavy (non-hydrogen) atoms. The molecule has 1 unspecified atom stereocenters. The molecule has 0 aliphatic heterocycles. The quantitative estimate of drug-likeness (QED) is 0.382. The first-order valence-corrected chi connectivity index (χ1v) is 8.32. The maximum Gasteiger partial charge on any atom is 0.100 e. The van der Waals surface area contributed by atoms with Crippen LogP contribution < -0.4 is 5.32 Å². The molecule has 0 spiro atoms. The van der Waals surface area contributed by atoms with Crippen LogP contribution in [0.3, 0.4) is 0 Å². The van der Waals surface area contributed by atoms with Gasteiger partial charge >= 0.3 is 0 Å². The lowest BCUT2D eigenvalue weighted by Gasteiger charge is -2.08. The molecule has 0 aromatic carbocycles. The third-order valence-corrected chi connectivity index (χ3v) is 3.49. The lowest BCUT2D eigenvalue weighted by Crippen LogP contribution is -2.19. The fraction of sp³-hybridized carbons (Fsp3) is 1.00. The molecular formula is C16H35NO3. The van der Waals surface area contributed by atoms with E-state index >= 15 is 0 Å². The summed E-state index contributed by atoms with van der Waals surface area (Å²) in [6.45, 7) is 1.89. The van der Waals surface area contributed by atoms with E-state index < -0.39 is 6.10 Å². The molecule has 0 amide bonds. The lowest BCUT2D eigenvalue weighted by molar-refractivity contribution is 0.00526. The summed E-state index contributed by atoms with van der Waals surface area (Å²) < 4.78 is 5.26. The van der Waals surface area contributed by atoms with Crippen molar-refractivity contribution in [1.29, 1.82) is 0 Å². The molecule has 0 rings (SSSR count). The molecule has 0 saturated carbocycles. The summed E-state index contributed by atoms with van der Waals surface area (Å²) in [7, 11) is 2.01. The zero-order chi connectivity index (χ0) is 14.9. The molecular weight excluding hydrogens is 254 g/mol. The highest BCUT2D eigenvalue weighted by Gasteiger charge is 2.00. The average Bonchev–Trinajstić information content (AvgIpc) is 2.47. The molecule has 0 aliphatic carbocycles. The molecule has 0 heterocycles. The first kappa shape index (κ1) is 19.8. The van der Waals surface area contributed by atoms with Gasteiger partial charge in [0.25, 0.3) is 0 Å². The fourth-order valence-corrected chi connectivity index (χ4v) is 2.19. The van der Waals surface area contributed by atoms with Crippen LogP contribution in [-0.2, 0) is 4.74 Å². The van der Waals surface area contributed by atoms with Gasteiger partial charge in [-0.3, -0.25) is 0 Å². The standard InChI is InChI=1S/C16H35NO3/c1-17-12-10-8-6-4-2-3-5-7-9-11-13-20-15-16(19)14-18/h16-19H,2-15H2,1H3. The van der Waals surface area contributed by atoms with Crippen molar-refractivity contribution >= 4 is 0 Å². The number of hydrogen-bond donors (Lipinski definition) is 3. The second-order valence-electron chi connectivity index (χ2n) is 5.55. The Morgan fingerprint density at radius 1 is 0.850 bits per heavy atom. The third-order valence-electron chi connectivity index (χ3n) is 3.49. The van der Waals surface area contributed by atoms with E-state index in [-0.39, 0.29) is 13.2 Å². The van der Waals surface area contributed by atoms with Crippen molar-refractivity contribution in [3.05, 3.63) is 0 Å². The van der Waals surface area contributed by atoms with Crippen molar-refractivity contribution in [1.82, 2.24) is 5.32 Å². The predicted molar refractivity (Wildman–Crippen MR) is 84.0 cm³/mol. The second kappa shape index (κ2) is 16.9. The van der Waals surface area contributed by atoms with Gasteiger partial charge in [-0.2, -0.15) is 0 Å². The van der Waals surface area contributed by atoms with E-state index in [1.165, 1.54) is 57.8 Å². The molecule has 0 fully saturated rings. The Bertz CT molecular complexity index is 179. The van der Waals surface area contributed by atoms with E-state index in [0.717, 1.165) is 13.0 Å². The molecule has 0 radical (unpaired) electrons. The number of aliphatic hydroxyl groups excluding tert-OH is 2. The minimum atomic E-state index is -0.719. The molecule has 0 aliphatic rings. The first-order valence-electron chi connectivity index (χ1n) is 8.32. The van der Waals surface area contributed by atoms with Crippen molar-refractivity contribution in [2.75, 3.05) is 33.4 Å². The van der Waals surface area contributed by atoms with E-state index in [4.69, 9.17) is 14.9 Å². The highest BCUT2D eigenvalue weighted by molar-refractivity contribution is 4.51. The zero-order valence-electron chi connectivity index (χ0n) is 13.3. The normalized spacial score (nSPS) is 12.8. The van der Waals surface area contributed by atoms with Gasteiger partial charge in [-0.25, -0.2) is 0 Å². The van der Waals surface area contributed by atoms with E-state index in [0.29, 0.717) is 6.61 Å². The van der Waals surface area contributed by atoms with Gasteiger partial charge in [-0.05, 0) is 26.4 Å². The van der Waals surface area contributed by atoms with Crippen LogP contribution >= 0.6 is 0 Å². The van der Waals surface area contributed by atoms with Crippen molar-refractivity contribution in [2.45, 2.75) is 70.3 Å². The minimum absolute atomic E-state index is 0.213. The van der Waals surface area contributed by atoms with Crippen molar-refractivity contribution in [3.63, 3.8) is 0 Å². The molecule has 0 bridgehead atoms. The van der Waals surface area contributed by atoms with E-state index in [1.807, 2.05) is 7.05 Å². The van der Waals surface area contributed by atoms with Gasteiger partial charge in [-0.15, -0.1) is 0 Å². The first-order chi connectivity index (χ1) is 9.81. The highest BCUT2D eigenvalue weighted by atomic mass is 16.5. The van der Waals surface area contributed by atoms with Gasteiger partial charge in [-0.1, -0.05) is 51.4 Å². The van der Waals surface area contributed by atoms with Crippen molar-refractivity contribution < 1.29 is 14.9 Å². The molecule has 0 aromatic rings. The number of nitrogens with one attached hydrogen (secondary N) is 1. The van der Waals surface area contributed by atoms with Gasteiger partial charge in [0.2, 0.25) is 0 Å². The van der Waals surface area contributed by atoms with Crippen molar-refractivity contribution in [2.24, 2.45) is 0 Å². The topological polar surface area (TPSA) is 61.7 Å². The maximum absolute atomic E-state index is 9.07. The summed E-state index contributed by atoms with van der Waals surface area (Å²) >= 11 is 0. The second-order valence-corrected chi connectivity index (χ2v) is 5.55. The van der Waals surface area contributed by atoms with E-state index in [9.17, 15) is 0 Å². The van der Waals surface area contributed by atoms with E-state index in [2.05, 4.69) is 5.32 Å². The average molecular weight is 289 g/mol. The Balaban J connectivity index is 2.96. The van der Waals surface area contributed by atoms with Crippen molar-refractivity contribution in [3.8, 4) is 0 Å². The monoisotopic (exact) mass is 289 g/mol. The number of unbranched alkanes of at least 4 members (excludes halogenated alkanes) is 9. The number of ether oxygens (including phenoxy) is 1. The molecule has 0 aromatic heterocycles. The maximum atomic E-state index is 9.07. The Hall–Kier alpha value is -0.160. The van der Waals surface area contributed by atoms with Crippen LogP contribution in [-0.4, -0.2) is 49.7 Å². The number of aliphatic hydroxyl groups is 2. The van der Waals surface area contributed by atoms with Gasteiger partial charge in [0.05, 0.1) is 13.2 Å². The smallest absolute Gasteiger partial charge is 0.100 e. The van der Waals surface area contributed by atoms with Crippen LogP contribution in [0, 0.1) is 0 Å². The zero-order valence-corrected chi connectivity index (χ0v) is 13.3. The summed E-state index contributed by atoms with van der Waals surface area (Å²) in [6.07, 6.45) is 12.3. The number of rotatable bonds is 16. The minimum Gasteiger partial charge on any atom is -0.394 e. The molecule has 0 saturated heterocycles. The molecule has 4 heteroatoms. The largest absolute Gasteiger partial charge is 0.394 e. The van der Waals surface area contributed by atoms with Crippen LogP contribution in [0.25, 0.3) is 0 Å². The summed E-state index contributed by atoms with van der Waals surface area (Å²) in [5, 5.41) is 20.9. The van der Waals surface area contributed by atoms with Crippen LogP contribution in [0.4, 0.5) is 0 Å². The SMILES string of the molecule is CNCCCCCCCCCCCCOCC(O)CO. The molecule has 3 N–H and O–H groups in total. The van der Waals surface area contributed by atoms with Crippen LogP contribution in [0.5, 0.6) is 0 Å². The Kier molecular flexibility index (Phi) is 16.8. The summed E-state index contributed by atoms with van der Waals surface area (Å²) in [4.78, 5) is 0. The highest BCUT2D eigenvalue weighted by Crippen LogP contribution is 2.10. The van der Waals surface area contributed by atoms with E-state index in [1.54, 1.807) is 0 Å². The van der Waals surface area contributed by atoms with Crippen LogP contribution in [0.1, 0.15) is 64.2 Å². The predicted octanol–water partition coefficient (Wildman–Crippen LogP) is 2.48. The van der Waals surface area contributed by atoms with Gasteiger partial charge in [0.15, 0.2) is 0 Å². The lowest BCUT2D eigenvalue weighted by atomic mass is 10.1. The Labute approximate surface area is 124 Å². The van der Waals surface area contributed by atoms with Crippen LogP contribution in [0.15, 0.2) is 0 Å².